The highest BCUT2D eigenvalue weighted by atomic mass is 32.1. The minimum atomic E-state index is -0.950. The smallest absolute Gasteiger partial charge is 0.259 e. The second-order valence-electron chi connectivity index (χ2n) is 6.30. The summed E-state index contributed by atoms with van der Waals surface area (Å²) in [4.78, 5) is 21.5. The number of carbonyl (C=O) groups excluding carboxylic acids is 1. The van der Waals surface area contributed by atoms with Crippen LogP contribution in [0.3, 0.4) is 0 Å². The summed E-state index contributed by atoms with van der Waals surface area (Å²) in [6.45, 7) is 1.76. The Balaban J connectivity index is 1.60. The summed E-state index contributed by atoms with van der Waals surface area (Å²) < 4.78 is 31.8. The number of methoxy groups -OCH3 is 1. The Hall–Kier alpha value is -3.39. The molecule has 0 saturated heterocycles. The van der Waals surface area contributed by atoms with Crippen LogP contribution in [0.4, 0.5) is 13.9 Å². The molecule has 0 unspecified atom stereocenters. The number of amides is 1. The maximum absolute atomic E-state index is 13.4. The van der Waals surface area contributed by atoms with E-state index in [1.54, 1.807) is 25.5 Å². The van der Waals surface area contributed by atoms with Crippen molar-refractivity contribution >= 4 is 33.3 Å². The van der Waals surface area contributed by atoms with Gasteiger partial charge in [-0.2, -0.15) is 0 Å². The lowest BCUT2D eigenvalue weighted by atomic mass is 10.1. The average molecular weight is 411 g/mol. The summed E-state index contributed by atoms with van der Waals surface area (Å²) in [5.41, 5.74) is 2.63. The lowest BCUT2D eigenvalue weighted by Gasteiger charge is -2.08. The molecule has 0 aliphatic carbocycles. The highest BCUT2D eigenvalue weighted by Crippen LogP contribution is 2.27. The first-order chi connectivity index (χ1) is 13.9. The second-order valence-corrected chi connectivity index (χ2v) is 7.16. The maximum atomic E-state index is 13.4. The van der Waals surface area contributed by atoms with Crippen molar-refractivity contribution in [2.24, 2.45) is 0 Å². The number of halogens is 2. The quantitative estimate of drug-likeness (QED) is 0.501. The highest BCUT2D eigenvalue weighted by Gasteiger charge is 2.15. The molecule has 0 aliphatic heterocycles. The number of carbonyl (C=O) groups is 1. The molecular weight excluding hydrogens is 396 g/mol. The van der Waals surface area contributed by atoms with Crippen LogP contribution >= 0.6 is 11.3 Å². The van der Waals surface area contributed by atoms with Crippen LogP contribution in [0.15, 0.2) is 47.8 Å². The number of nitrogens with zero attached hydrogens (tertiary/aromatic N) is 2. The number of ether oxygens (including phenoxy) is 1. The van der Waals surface area contributed by atoms with Gasteiger partial charge in [-0.15, -0.1) is 11.3 Å². The van der Waals surface area contributed by atoms with Gasteiger partial charge in [0.15, 0.2) is 16.8 Å². The molecule has 29 heavy (non-hydrogen) atoms. The largest absolute Gasteiger partial charge is 0.497 e. The van der Waals surface area contributed by atoms with Gasteiger partial charge >= 0.3 is 0 Å². The molecule has 2 heterocycles. The Kier molecular flexibility index (Phi) is 4.94. The molecule has 8 heteroatoms. The van der Waals surface area contributed by atoms with Crippen molar-refractivity contribution in [2.75, 3.05) is 12.4 Å². The number of benzene rings is 2. The van der Waals surface area contributed by atoms with Gasteiger partial charge in [0.2, 0.25) is 0 Å². The third kappa shape index (κ3) is 3.79. The molecule has 2 aromatic heterocycles. The van der Waals surface area contributed by atoms with Crippen molar-refractivity contribution in [3.8, 4) is 17.0 Å². The van der Waals surface area contributed by atoms with Gasteiger partial charge in [0.1, 0.15) is 5.75 Å². The van der Waals surface area contributed by atoms with Crippen molar-refractivity contribution in [3.05, 3.63) is 70.7 Å². The number of nitrogens with one attached hydrogen (secondary N) is 1. The third-order valence-corrected chi connectivity index (χ3v) is 5.15. The number of hydrogen-bond donors (Lipinski definition) is 1. The molecule has 4 rings (SSSR count). The lowest BCUT2D eigenvalue weighted by Crippen LogP contribution is -2.14. The summed E-state index contributed by atoms with van der Waals surface area (Å²) >= 11 is 1.19. The SMILES string of the molecule is COc1ccc2nc(C)c(C(=O)Nc3nc(-c4ccc(F)c(F)c4)cs3)cc2c1. The molecule has 2 aromatic carbocycles. The standard InChI is InChI=1S/C21H15F2N3O2S/c1-11-15(8-13-7-14(28-2)4-6-18(13)24-11)20(27)26-21-25-19(10-29-21)12-3-5-16(22)17(23)9-12/h3-10H,1-2H3,(H,25,26,27). The Morgan fingerprint density at radius 1 is 1.07 bits per heavy atom. The van der Waals surface area contributed by atoms with Crippen LogP contribution in [-0.4, -0.2) is 23.0 Å². The normalized spacial score (nSPS) is 10.9. The zero-order valence-electron chi connectivity index (χ0n) is 15.5. The van der Waals surface area contributed by atoms with Gasteiger partial charge in [0, 0.05) is 16.3 Å². The summed E-state index contributed by atoms with van der Waals surface area (Å²) in [6.07, 6.45) is 0. The number of anilines is 1. The van der Waals surface area contributed by atoms with E-state index in [9.17, 15) is 13.6 Å². The van der Waals surface area contributed by atoms with Gasteiger partial charge in [0.25, 0.3) is 5.91 Å². The lowest BCUT2D eigenvalue weighted by molar-refractivity contribution is 0.102. The molecule has 146 valence electrons. The van der Waals surface area contributed by atoms with Crippen LogP contribution < -0.4 is 10.1 Å². The zero-order valence-corrected chi connectivity index (χ0v) is 16.3. The Bertz CT molecular complexity index is 1240. The molecule has 1 amide bonds. The summed E-state index contributed by atoms with van der Waals surface area (Å²) in [5, 5.41) is 5.53. The van der Waals surface area contributed by atoms with Gasteiger partial charge in [-0.3, -0.25) is 15.1 Å². The fraction of sp³-hybridized carbons (Fsp3) is 0.0952. The number of hydrogen-bond acceptors (Lipinski definition) is 5. The van der Waals surface area contributed by atoms with E-state index >= 15 is 0 Å². The maximum Gasteiger partial charge on any atom is 0.259 e. The predicted octanol–water partition coefficient (Wildman–Crippen LogP) is 5.21. The minimum Gasteiger partial charge on any atom is -0.497 e. The Morgan fingerprint density at radius 3 is 2.66 bits per heavy atom. The first-order valence-corrected chi connectivity index (χ1v) is 9.50. The van der Waals surface area contributed by atoms with E-state index in [0.29, 0.717) is 33.4 Å². The Labute approximate surface area is 169 Å². The molecule has 0 atom stereocenters. The van der Waals surface area contributed by atoms with E-state index in [2.05, 4.69) is 15.3 Å². The van der Waals surface area contributed by atoms with Crippen molar-refractivity contribution in [1.29, 1.82) is 0 Å². The fourth-order valence-electron chi connectivity index (χ4n) is 2.89. The Morgan fingerprint density at radius 2 is 1.90 bits per heavy atom. The van der Waals surface area contributed by atoms with Crippen LogP contribution in [0.5, 0.6) is 5.75 Å². The van der Waals surface area contributed by atoms with Crippen molar-refractivity contribution in [3.63, 3.8) is 0 Å². The summed E-state index contributed by atoms with van der Waals surface area (Å²) in [7, 11) is 1.57. The fourth-order valence-corrected chi connectivity index (χ4v) is 3.61. The number of aryl methyl sites for hydroxylation is 1. The van der Waals surface area contributed by atoms with E-state index < -0.39 is 11.6 Å². The highest BCUT2D eigenvalue weighted by molar-refractivity contribution is 7.14. The van der Waals surface area contributed by atoms with E-state index in [1.165, 1.54) is 17.4 Å². The zero-order chi connectivity index (χ0) is 20.5. The first kappa shape index (κ1) is 18.9. The number of pyridine rings is 1. The van der Waals surface area contributed by atoms with E-state index in [1.807, 2.05) is 18.2 Å². The van der Waals surface area contributed by atoms with Crippen molar-refractivity contribution in [2.45, 2.75) is 6.92 Å². The summed E-state index contributed by atoms with van der Waals surface area (Å²) in [6, 6.07) is 10.7. The van der Waals surface area contributed by atoms with Gasteiger partial charge in [-0.05, 0) is 49.4 Å². The van der Waals surface area contributed by atoms with Gasteiger partial charge in [-0.25, -0.2) is 13.8 Å². The van der Waals surface area contributed by atoms with Crippen LogP contribution in [0, 0.1) is 18.6 Å². The molecule has 0 fully saturated rings. The van der Waals surface area contributed by atoms with E-state index in [-0.39, 0.29) is 5.91 Å². The second kappa shape index (κ2) is 7.56. The topological polar surface area (TPSA) is 64.1 Å². The van der Waals surface area contributed by atoms with Crippen LogP contribution in [0.25, 0.3) is 22.2 Å². The van der Waals surface area contributed by atoms with Gasteiger partial charge < -0.3 is 4.74 Å². The van der Waals surface area contributed by atoms with Gasteiger partial charge in [-0.1, -0.05) is 0 Å². The van der Waals surface area contributed by atoms with Gasteiger partial charge in [0.05, 0.1) is 29.6 Å². The molecule has 5 nitrogen and oxygen atoms in total. The average Bonchev–Trinajstić information content (AvgIpc) is 3.17. The molecule has 0 bridgehead atoms. The number of aromatic nitrogens is 2. The predicted molar refractivity (Wildman–Crippen MR) is 108 cm³/mol. The van der Waals surface area contributed by atoms with E-state index in [4.69, 9.17) is 4.74 Å². The summed E-state index contributed by atoms with van der Waals surface area (Å²) in [5.74, 6) is -1.56. The molecule has 0 saturated carbocycles. The third-order valence-electron chi connectivity index (χ3n) is 4.40. The number of fused-ring (bicyclic) bond motifs is 1. The molecule has 4 aromatic rings. The molecule has 0 aliphatic rings. The van der Waals surface area contributed by atoms with Crippen LogP contribution in [-0.2, 0) is 0 Å². The molecular formula is C21H15F2N3O2S. The number of thiazole rings is 1. The van der Waals surface area contributed by atoms with E-state index in [0.717, 1.165) is 23.0 Å². The molecule has 1 N–H and O–H groups in total. The number of rotatable bonds is 4. The molecule has 0 radical (unpaired) electrons. The minimum absolute atomic E-state index is 0.347. The van der Waals surface area contributed by atoms with Crippen LogP contribution in [0.2, 0.25) is 0 Å². The molecule has 0 spiro atoms. The van der Waals surface area contributed by atoms with Crippen LogP contribution in [0.1, 0.15) is 16.1 Å². The van der Waals surface area contributed by atoms with Crippen molar-refractivity contribution < 1.29 is 18.3 Å². The monoisotopic (exact) mass is 411 g/mol. The first-order valence-electron chi connectivity index (χ1n) is 8.62. The van der Waals surface area contributed by atoms with Crippen molar-refractivity contribution in [1.82, 2.24) is 9.97 Å².